The van der Waals surface area contributed by atoms with Crippen LogP contribution in [0.3, 0.4) is 0 Å². The lowest BCUT2D eigenvalue weighted by Crippen LogP contribution is -2.31. The predicted octanol–water partition coefficient (Wildman–Crippen LogP) is 4.34. The van der Waals surface area contributed by atoms with Gasteiger partial charge in [0.1, 0.15) is 21.8 Å². The number of unbranched alkanes of at least 4 members (excludes halogenated alkanes) is 4. The highest BCUT2D eigenvalue weighted by Crippen LogP contribution is 2.36. The second kappa shape index (κ2) is 10.5. The standard InChI is InChI=1S/C23H30N4O2S2/c1-4-5-6-7-8-13-27-22(29)19(31-23(27)30)14-17-16(2)18(15-24)21(28)25(3)20(17)26-11-9-10-12-26/h14H,4-13H2,1-3H3/b19-14+. The molecule has 31 heavy (non-hydrogen) atoms. The minimum Gasteiger partial charge on any atom is -0.357 e. The number of anilines is 1. The maximum absolute atomic E-state index is 13.1. The van der Waals surface area contributed by atoms with Gasteiger partial charge in [0.25, 0.3) is 11.5 Å². The van der Waals surface area contributed by atoms with Crippen molar-refractivity contribution in [1.82, 2.24) is 9.47 Å². The summed E-state index contributed by atoms with van der Waals surface area (Å²) in [7, 11) is 1.70. The second-order valence-electron chi connectivity index (χ2n) is 8.15. The zero-order valence-electron chi connectivity index (χ0n) is 18.6. The average Bonchev–Trinajstić information content (AvgIpc) is 3.36. The summed E-state index contributed by atoms with van der Waals surface area (Å²) in [5.41, 5.74) is 1.23. The molecule has 3 heterocycles. The molecular weight excluding hydrogens is 428 g/mol. The smallest absolute Gasteiger partial charge is 0.270 e. The fourth-order valence-corrected chi connectivity index (χ4v) is 5.51. The first-order valence-electron chi connectivity index (χ1n) is 11.0. The zero-order chi connectivity index (χ0) is 22.5. The maximum Gasteiger partial charge on any atom is 0.270 e. The van der Waals surface area contributed by atoms with Gasteiger partial charge in [0.15, 0.2) is 0 Å². The van der Waals surface area contributed by atoms with Crippen molar-refractivity contribution in [2.24, 2.45) is 7.05 Å². The van der Waals surface area contributed by atoms with E-state index < -0.39 is 0 Å². The zero-order valence-corrected chi connectivity index (χ0v) is 20.2. The Balaban J connectivity index is 1.94. The van der Waals surface area contributed by atoms with E-state index in [2.05, 4.69) is 17.9 Å². The molecule has 2 saturated heterocycles. The number of thiocarbonyl (C=S) groups is 1. The summed E-state index contributed by atoms with van der Waals surface area (Å²) < 4.78 is 2.13. The van der Waals surface area contributed by atoms with Crippen molar-refractivity contribution in [1.29, 1.82) is 5.26 Å². The number of aromatic nitrogens is 1. The van der Waals surface area contributed by atoms with Gasteiger partial charge in [0.2, 0.25) is 0 Å². The molecule has 0 saturated carbocycles. The van der Waals surface area contributed by atoms with Gasteiger partial charge in [-0.1, -0.05) is 56.6 Å². The molecule has 0 aromatic carbocycles. The van der Waals surface area contributed by atoms with Gasteiger partial charge in [-0.25, -0.2) is 0 Å². The first-order valence-corrected chi connectivity index (χ1v) is 12.3. The predicted molar refractivity (Wildman–Crippen MR) is 131 cm³/mol. The van der Waals surface area contributed by atoms with E-state index in [4.69, 9.17) is 12.2 Å². The van der Waals surface area contributed by atoms with Crippen LogP contribution >= 0.6 is 24.0 Å². The van der Waals surface area contributed by atoms with Crippen molar-refractivity contribution in [3.05, 3.63) is 31.9 Å². The first kappa shape index (κ1) is 23.6. The van der Waals surface area contributed by atoms with Crippen LogP contribution in [0, 0.1) is 18.3 Å². The second-order valence-corrected chi connectivity index (χ2v) is 9.83. The van der Waals surface area contributed by atoms with Crippen LogP contribution in [0.15, 0.2) is 9.70 Å². The lowest BCUT2D eigenvalue weighted by molar-refractivity contribution is -0.122. The van der Waals surface area contributed by atoms with Crippen molar-refractivity contribution in [2.75, 3.05) is 24.5 Å². The Labute approximate surface area is 193 Å². The number of hydrogen-bond donors (Lipinski definition) is 0. The highest BCUT2D eigenvalue weighted by atomic mass is 32.2. The lowest BCUT2D eigenvalue weighted by atomic mass is 10.0. The van der Waals surface area contributed by atoms with E-state index in [9.17, 15) is 14.9 Å². The summed E-state index contributed by atoms with van der Waals surface area (Å²) in [6, 6.07) is 2.05. The summed E-state index contributed by atoms with van der Waals surface area (Å²) in [4.78, 5) is 30.3. The van der Waals surface area contributed by atoms with Crippen molar-refractivity contribution < 1.29 is 4.79 Å². The monoisotopic (exact) mass is 458 g/mol. The van der Waals surface area contributed by atoms with Crippen molar-refractivity contribution in [3.63, 3.8) is 0 Å². The summed E-state index contributed by atoms with van der Waals surface area (Å²) in [5, 5.41) is 9.56. The number of pyridine rings is 1. The molecule has 8 heteroatoms. The molecule has 0 N–H and O–H groups in total. The molecule has 0 atom stereocenters. The summed E-state index contributed by atoms with van der Waals surface area (Å²) in [6.45, 7) is 6.33. The minimum atomic E-state index is -0.293. The third-order valence-electron chi connectivity index (χ3n) is 6.01. The minimum absolute atomic E-state index is 0.0791. The summed E-state index contributed by atoms with van der Waals surface area (Å²) >= 11 is 6.80. The van der Waals surface area contributed by atoms with Crippen LogP contribution in [-0.4, -0.2) is 39.3 Å². The van der Waals surface area contributed by atoms with Gasteiger partial charge in [-0.05, 0) is 37.8 Å². The topological polar surface area (TPSA) is 69.3 Å². The Morgan fingerprint density at radius 2 is 1.84 bits per heavy atom. The molecule has 0 unspecified atom stereocenters. The van der Waals surface area contributed by atoms with E-state index in [1.165, 1.54) is 31.0 Å². The van der Waals surface area contributed by atoms with E-state index in [1.807, 2.05) is 6.08 Å². The largest absolute Gasteiger partial charge is 0.357 e. The molecule has 166 valence electrons. The molecule has 2 aliphatic rings. The van der Waals surface area contributed by atoms with Crippen molar-refractivity contribution in [3.8, 4) is 6.07 Å². The van der Waals surface area contributed by atoms with Gasteiger partial charge in [-0.2, -0.15) is 5.26 Å². The Hall–Kier alpha value is -2.11. The molecule has 0 radical (unpaired) electrons. The van der Waals surface area contributed by atoms with Gasteiger partial charge < -0.3 is 4.90 Å². The molecule has 6 nitrogen and oxygen atoms in total. The van der Waals surface area contributed by atoms with E-state index >= 15 is 0 Å². The Morgan fingerprint density at radius 3 is 2.48 bits per heavy atom. The Bertz CT molecular complexity index is 1000. The molecule has 0 bridgehead atoms. The SMILES string of the molecule is CCCCCCCN1C(=O)/C(=C\c2c(C)c(C#N)c(=O)n(C)c2N2CCCC2)SC1=S. The lowest BCUT2D eigenvalue weighted by Gasteiger charge is -2.25. The van der Waals surface area contributed by atoms with Crippen LogP contribution in [0.4, 0.5) is 5.82 Å². The van der Waals surface area contributed by atoms with Crippen molar-refractivity contribution >= 4 is 46.1 Å². The molecule has 2 fully saturated rings. The van der Waals surface area contributed by atoms with Gasteiger partial charge >= 0.3 is 0 Å². The molecule has 1 amide bonds. The number of hydrogen-bond acceptors (Lipinski definition) is 6. The van der Waals surface area contributed by atoms with Crippen LogP contribution in [0.1, 0.15) is 68.6 Å². The highest BCUT2D eigenvalue weighted by Gasteiger charge is 2.33. The molecule has 1 aromatic heterocycles. The number of thioether (sulfide) groups is 1. The third-order valence-corrected chi connectivity index (χ3v) is 7.39. The number of nitriles is 1. The van der Waals surface area contributed by atoms with Gasteiger partial charge in [-0.15, -0.1) is 0 Å². The number of carbonyl (C=O) groups is 1. The molecule has 0 spiro atoms. The van der Waals surface area contributed by atoms with E-state index in [0.29, 0.717) is 21.3 Å². The van der Waals surface area contributed by atoms with Crippen LogP contribution in [0.25, 0.3) is 6.08 Å². The van der Waals surface area contributed by atoms with Crippen LogP contribution < -0.4 is 10.5 Å². The number of carbonyl (C=O) groups excluding carboxylic acids is 1. The van der Waals surface area contributed by atoms with Crippen molar-refractivity contribution in [2.45, 2.75) is 58.8 Å². The van der Waals surface area contributed by atoms with Crippen LogP contribution in [-0.2, 0) is 11.8 Å². The Morgan fingerprint density at radius 1 is 1.16 bits per heavy atom. The first-order chi connectivity index (χ1) is 14.9. The normalized spacial score (nSPS) is 17.8. The fraction of sp³-hybridized carbons (Fsp3) is 0.565. The number of amides is 1. The molecule has 1 aromatic rings. The van der Waals surface area contributed by atoms with E-state index in [-0.39, 0.29) is 17.0 Å². The maximum atomic E-state index is 13.1. The van der Waals surface area contributed by atoms with Crippen LogP contribution in [0.5, 0.6) is 0 Å². The number of rotatable bonds is 8. The van der Waals surface area contributed by atoms with E-state index in [1.54, 1.807) is 23.4 Å². The molecule has 0 aliphatic carbocycles. The van der Waals surface area contributed by atoms with Gasteiger partial charge in [0, 0.05) is 32.2 Å². The highest BCUT2D eigenvalue weighted by molar-refractivity contribution is 8.26. The van der Waals surface area contributed by atoms with Crippen LogP contribution in [0.2, 0.25) is 0 Å². The van der Waals surface area contributed by atoms with Gasteiger partial charge in [0.05, 0.1) is 4.91 Å². The Kier molecular flexibility index (Phi) is 7.95. The quantitative estimate of drug-likeness (QED) is 0.328. The molecule has 3 rings (SSSR count). The third kappa shape index (κ3) is 4.88. The summed E-state index contributed by atoms with van der Waals surface area (Å²) in [5.74, 6) is 0.702. The molecule has 2 aliphatic heterocycles. The number of nitrogens with zero attached hydrogens (tertiary/aromatic N) is 4. The fourth-order valence-electron chi connectivity index (χ4n) is 4.22. The van der Waals surface area contributed by atoms with Gasteiger partial charge in [-0.3, -0.25) is 19.1 Å². The average molecular weight is 459 g/mol. The molecular formula is C23H30N4O2S2. The summed E-state index contributed by atoms with van der Waals surface area (Å²) in [6.07, 6.45) is 9.57. The van der Waals surface area contributed by atoms with E-state index in [0.717, 1.165) is 50.2 Å².